The molecule has 0 fully saturated rings. The summed E-state index contributed by atoms with van der Waals surface area (Å²) in [6, 6.07) is 11.7. The highest BCUT2D eigenvalue weighted by atomic mass is 16.5. The Labute approximate surface area is 147 Å². The fourth-order valence-electron chi connectivity index (χ4n) is 2.93. The Morgan fingerprint density at radius 3 is 2.92 bits per heavy atom. The molecule has 0 saturated heterocycles. The first-order chi connectivity index (χ1) is 12.1. The number of aromatic nitrogens is 2. The SMILES string of the molecule is CC1=C(C(=O)NCCCc2cc(N)n(-c3ccccc3)n2)CCCO1. The number of benzene rings is 1. The van der Waals surface area contributed by atoms with Crippen molar-refractivity contribution in [3.05, 3.63) is 53.4 Å². The van der Waals surface area contributed by atoms with Crippen molar-refractivity contribution in [1.82, 2.24) is 15.1 Å². The van der Waals surface area contributed by atoms with Gasteiger partial charge < -0.3 is 15.8 Å². The maximum Gasteiger partial charge on any atom is 0.250 e. The lowest BCUT2D eigenvalue weighted by Crippen LogP contribution is -2.28. The normalized spacial score (nSPS) is 14.3. The monoisotopic (exact) mass is 340 g/mol. The average Bonchev–Trinajstić information content (AvgIpc) is 3.00. The molecular weight excluding hydrogens is 316 g/mol. The summed E-state index contributed by atoms with van der Waals surface area (Å²) in [7, 11) is 0. The van der Waals surface area contributed by atoms with Crippen molar-refractivity contribution in [3.63, 3.8) is 0 Å². The fourth-order valence-corrected chi connectivity index (χ4v) is 2.93. The van der Waals surface area contributed by atoms with Crippen LogP contribution in [0.5, 0.6) is 0 Å². The molecule has 1 aliphatic heterocycles. The number of nitrogens with one attached hydrogen (secondary N) is 1. The molecule has 1 aromatic heterocycles. The topological polar surface area (TPSA) is 82.2 Å². The minimum Gasteiger partial charge on any atom is -0.498 e. The second-order valence-corrected chi connectivity index (χ2v) is 6.15. The van der Waals surface area contributed by atoms with Crippen molar-refractivity contribution >= 4 is 11.7 Å². The number of aryl methyl sites for hydroxylation is 1. The Morgan fingerprint density at radius 2 is 2.16 bits per heavy atom. The number of hydrogen-bond acceptors (Lipinski definition) is 4. The number of ether oxygens (including phenoxy) is 1. The Kier molecular flexibility index (Phi) is 5.38. The van der Waals surface area contributed by atoms with Crippen LogP contribution in [0.1, 0.15) is 31.9 Å². The number of nitrogens with two attached hydrogens (primary N) is 1. The first kappa shape index (κ1) is 17.1. The van der Waals surface area contributed by atoms with Crippen LogP contribution in [0.3, 0.4) is 0 Å². The van der Waals surface area contributed by atoms with Crippen LogP contribution in [-0.4, -0.2) is 28.8 Å². The van der Waals surface area contributed by atoms with Crippen LogP contribution in [0.2, 0.25) is 0 Å². The molecule has 1 aliphatic rings. The van der Waals surface area contributed by atoms with Crippen LogP contribution in [0, 0.1) is 0 Å². The van der Waals surface area contributed by atoms with E-state index in [2.05, 4.69) is 10.4 Å². The number of para-hydroxylation sites is 1. The largest absolute Gasteiger partial charge is 0.498 e. The maximum atomic E-state index is 12.2. The van der Waals surface area contributed by atoms with Crippen LogP contribution < -0.4 is 11.1 Å². The molecule has 3 rings (SSSR count). The molecule has 6 heteroatoms. The molecule has 0 radical (unpaired) electrons. The van der Waals surface area contributed by atoms with Gasteiger partial charge in [-0.2, -0.15) is 5.10 Å². The number of nitrogen functional groups attached to an aromatic ring is 1. The predicted molar refractivity (Wildman–Crippen MR) is 97.2 cm³/mol. The minimum atomic E-state index is -0.0217. The van der Waals surface area contributed by atoms with E-state index in [0.717, 1.165) is 48.4 Å². The molecule has 0 spiro atoms. The first-order valence-corrected chi connectivity index (χ1v) is 8.66. The van der Waals surface area contributed by atoms with Gasteiger partial charge in [-0.1, -0.05) is 18.2 Å². The van der Waals surface area contributed by atoms with E-state index in [0.29, 0.717) is 19.0 Å². The predicted octanol–water partition coefficient (Wildman–Crippen LogP) is 2.59. The van der Waals surface area contributed by atoms with E-state index in [9.17, 15) is 4.79 Å². The molecule has 1 aromatic carbocycles. The molecule has 0 bridgehead atoms. The summed E-state index contributed by atoms with van der Waals surface area (Å²) in [4.78, 5) is 12.2. The third-order valence-corrected chi connectivity index (χ3v) is 4.27. The van der Waals surface area contributed by atoms with Gasteiger partial charge in [0, 0.05) is 12.6 Å². The van der Waals surface area contributed by atoms with Crippen molar-refractivity contribution in [1.29, 1.82) is 0 Å². The second kappa shape index (κ2) is 7.88. The number of hydrogen-bond donors (Lipinski definition) is 2. The van der Waals surface area contributed by atoms with Gasteiger partial charge in [0.2, 0.25) is 0 Å². The van der Waals surface area contributed by atoms with Crippen LogP contribution in [0.15, 0.2) is 47.7 Å². The lowest BCUT2D eigenvalue weighted by atomic mass is 10.1. The number of carbonyl (C=O) groups excluding carboxylic acids is 1. The molecule has 0 unspecified atom stereocenters. The van der Waals surface area contributed by atoms with E-state index >= 15 is 0 Å². The third-order valence-electron chi connectivity index (χ3n) is 4.27. The zero-order chi connectivity index (χ0) is 17.6. The van der Waals surface area contributed by atoms with Crippen LogP contribution in [0.25, 0.3) is 5.69 Å². The Hall–Kier alpha value is -2.76. The molecule has 3 N–H and O–H groups in total. The van der Waals surface area contributed by atoms with Gasteiger partial charge in [-0.25, -0.2) is 4.68 Å². The summed E-state index contributed by atoms with van der Waals surface area (Å²) < 4.78 is 7.17. The number of carbonyl (C=O) groups is 1. The number of amides is 1. The molecule has 1 amide bonds. The van der Waals surface area contributed by atoms with Crippen molar-refractivity contribution in [2.24, 2.45) is 0 Å². The quantitative estimate of drug-likeness (QED) is 0.792. The highest BCUT2D eigenvalue weighted by Crippen LogP contribution is 2.18. The molecule has 6 nitrogen and oxygen atoms in total. The van der Waals surface area contributed by atoms with Crippen molar-refractivity contribution in [2.45, 2.75) is 32.6 Å². The third kappa shape index (κ3) is 4.21. The molecule has 0 saturated carbocycles. The van der Waals surface area contributed by atoms with Crippen molar-refractivity contribution in [3.8, 4) is 5.69 Å². The van der Waals surface area contributed by atoms with Gasteiger partial charge in [0.1, 0.15) is 11.6 Å². The number of nitrogens with zero attached hydrogens (tertiary/aromatic N) is 2. The smallest absolute Gasteiger partial charge is 0.250 e. The fraction of sp³-hybridized carbons (Fsp3) is 0.368. The summed E-state index contributed by atoms with van der Waals surface area (Å²) in [6.45, 7) is 3.16. The number of rotatable bonds is 6. The summed E-state index contributed by atoms with van der Waals surface area (Å²) in [5.41, 5.74) is 8.68. The molecule has 2 aromatic rings. The minimum absolute atomic E-state index is 0.0217. The van der Waals surface area contributed by atoms with Crippen LogP contribution in [0.4, 0.5) is 5.82 Å². The summed E-state index contributed by atoms with van der Waals surface area (Å²) in [6.07, 6.45) is 3.26. The maximum absolute atomic E-state index is 12.2. The Morgan fingerprint density at radius 1 is 1.36 bits per heavy atom. The highest BCUT2D eigenvalue weighted by Gasteiger charge is 2.17. The second-order valence-electron chi connectivity index (χ2n) is 6.15. The van der Waals surface area contributed by atoms with Gasteiger partial charge in [-0.15, -0.1) is 0 Å². The zero-order valence-corrected chi connectivity index (χ0v) is 14.5. The number of allylic oxidation sites excluding steroid dienone is 1. The van der Waals surface area contributed by atoms with E-state index in [1.165, 1.54) is 0 Å². The lowest BCUT2D eigenvalue weighted by molar-refractivity contribution is -0.118. The zero-order valence-electron chi connectivity index (χ0n) is 14.5. The van der Waals surface area contributed by atoms with Gasteiger partial charge in [0.15, 0.2) is 0 Å². The summed E-state index contributed by atoms with van der Waals surface area (Å²) in [5, 5.41) is 7.51. The van der Waals surface area contributed by atoms with Crippen molar-refractivity contribution in [2.75, 3.05) is 18.9 Å². The molecule has 0 aliphatic carbocycles. The van der Waals surface area contributed by atoms with Gasteiger partial charge in [-0.05, 0) is 44.7 Å². The van der Waals surface area contributed by atoms with Gasteiger partial charge in [0.05, 0.1) is 23.6 Å². The number of anilines is 1. The lowest BCUT2D eigenvalue weighted by Gasteiger charge is -2.18. The van der Waals surface area contributed by atoms with E-state index in [1.807, 2.05) is 43.3 Å². The van der Waals surface area contributed by atoms with Gasteiger partial charge >= 0.3 is 0 Å². The van der Waals surface area contributed by atoms with E-state index in [4.69, 9.17) is 10.5 Å². The van der Waals surface area contributed by atoms with Gasteiger partial charge in [-0.3, -0.25) is 4.79 Å². The first-order valence-electron chi connectivity index (χ1n) is 8.66. The standard InChI is InChI=1S/C19H24N4O2/c1-14-17(10-6-12-25-14)19(24)21-11-5-7-15-13-18(20)23(22-15)16-8-3-2-4-9-16/h2-4,8-9,13H,5-7,10-12,20H2,1H3,(H,21,24). The van der Waals surface area contributed by atoms with Crippen LogP contribution in [-0.2, 0) is 16.0 Å². The average molecular weight is 340 g/mol. The summed E-state index contributed by atoms with van der Waals surface area (Å²) >= 11 is 0. The molecule has 0 atom stereocenters. The Balaban J connectivity index is 1.51. The molecule has 25 heavy (non-hydrogen) atoms. The van der Waals surface area contributed by atoms with E-state index in [1.54, 1.807) is 4.68 Å². The van der Waals surface area contributed by atoms with Crippen molar-refractivity contribution < 1.29 is 9.53 Å². The molecule has 132 valence electrons. The molecule has 2 heterocycles. The Bertz CT molecular complexity index is 765. The summed E-state index contributed by atoms with van der Waals surface area (Å²) in [5.74, 6) is 1.34. The van der Waals surface area contributed by atoms with E-state index < -0.39 is 0 Å². The van der Waals surface area contributed by atoms with Gasteiger partial charge in [0.25, 0.3) is 5.91 Å². The molecular formula is C19H24N4O2. The highest BCUT2D eigenvalue weighted by molar-refractivity contribution is 5.93. The van der Waals surface area contributed by atoms with E-state index in [-0.39, 0.29) is 5.91 Å². The van der Waals surface area contributed by atoms with Crippen LogP contribution >= 0.6 is 0 Å².